The molecule has 0 saturated carbocycles. The minimum atomic E-state index is 0.919. The van der Waals surface area contributed by atoms with Crippen LogP contribution in [0.5, 0.6) is 0 Å². The number of benzene rings is 1. The molecular weight excluding hydrogens is 280 g/mol. The molecule has 1 aromatic carbocycles. The largest absolute Gasteiger partial charge is 0.315 e. The van der Waals surface area contributed by atoms with E-state index in [1.807, 2.05) is 0 Å². The highest BCUT2D eigenvalue weighted by Gasteiger charge is 2.06. The normalized spacial score (nSPS) is 12.7. The van der Waals surface area contributed by atoms with Crippen molar-refractivity contribution in [2.45, 2.75) is 59.3 Å². The number of hydrogen-bond donors (Lipinski definition) is 1. The molecule has 0 radical (unpaired) electrons. The smallest absolute Gasteiger partial charge is 0.0107 e. The molecule has 0 aliphatic carbocycles. The third-order valence-electron chi connectivity index (χ3n) is 4.88. The molecule has 0 spiro atoms. The van der Waals surface area contributed by atoms with Crippen molar-refractivity contribution < 1.29 is 0 Å². The van der Waals surface area contributed by atoms with Gasteiger partial charge in [0.1, 0.15) is 0 Å². The molecule has 1 aromatic rings. The second-order valence-electron chi connectivity index (χ2n) is 6.63. The van der Waals surface area contributed by atoms with Gasteiger partial charge in [0.05, 0.1) is 0 Å². The molecule has 0 saturated heterocycles. The van der Waals surface area contributed by atoms with Crippen LogP contribution >= 0.6 is 0 Å². The van der Waals surface area contributed by atoms with Crippen molar-refractivity contribution in [2.24, 2.45) is 5.92 Å². The van der Waals surface area contributed by atoms with Gasteiger partial charge in [-0.1, -0.05) is 76.8 Å². The fourth-order valence-corrected chi connectivity index (χ4v) is 3.07. The Morgan fingerprint density at radius 3 is 2.39 bits per heavy atom. The maximum Gasteiger partial charge on any atom is 0.0107 e. The molecule has 0 heterocycles. The second kappa shape index (κ2) is 13.6. The summed E-state index contributed by atoms with van der Waals surface area (Å²) in [6.45, 7) is 12.7. The molecule has 0 bridgehead atoms. The van der Waals surface area contributed by atoms with Crippen molar-refractivity contribution in [1.29, 1.82) is 0 Å². The van der Waals surface area contributed by atoms with E-state index in [0.29, 0.717) is 0 Å². The number of hydrogen-bond acceptors (Lipinski definition) is 2. The van der Waals surface area contributed by atoms with Gasteiger partial charge in [-0.25, -0.2) is 0 Å². The molecule has 1 N–H and O–H groups in total. The lowest BCUT2D eigenvalue weighted by molar-refractivity contribution is 0.288. The van der Waals surface area contributed by atoms with E-state index in [9.17, 15) is 0 Å². The van der Waals surface area contributed by atoms with Crippen LogP contribution in [0.15, 0.2) is 30.3 Å². The zero-order chi connectivity index (χ0) is 16.8. The Labute approximate surface area is 144 Å². The summed E-state index contributed by atoms with van der Waals surface area (Å²) in [4.78, 5) is 2.55. The van der Waals surface area contributed by atoms with Crippen molar-refractivity contribution in [2.75, 3.05) is 32.7 Å². The van der Waals surface area contributed by atoms with Gasteiger partial charge in [-0.05, 0) is 37.4 Å². The van der Waals surface area contributed by atoms with E-state index >= 15 is 0 Å². The highest BCUT2D eigenvalue weighted by atomic mass is 15.1. The number of rotatable bonds is 14. The van der Waals surface area contributed by atoms with Gasteiger partial charge in [-0.2, -0.15) is 0 Å². The van der Waals surface area contributed by atoms with Gasteiger partial charge in [0.2, 0.25) is 0 Å². The number of unbranched alkanes of at least 4 members (excludes halogenated alkanes) is 1. The van der Waals surface area contributed by atoms with Gasteiger partial charge in [0.15, 0.2) is 0 Å². The van der Waals surface area contributed by atoms with Crippen LogP contribution in [0.3, 0.4) is 0 Å². The maximum atomic E-state index is 3.65. The Balaban J connectivity index is 2.10. The summed E-state index contributed by atoms with van der Waals surface area (Å²) >= 11 is 0. The van der Waals surface area contributed by atoms with Crippen LogP contribution in [0.25, 0.3) is 0 Å². The van der Waals surface area contributed by atoms with Gasteiger partial charge < -0.3 is 10.2 Å². The number of likely N-dealkylation sites (N-methyl/N-ethyl adjacent to an activating group) is 1. The quantitative estimate of drug-likeness (QED) is 0.498. The fourth-order valence-electron chi connectivity index (χ4n) is 3.07. The minimum Gasteiger partial charge on any atom is -0.315 e. The lowest BCUT2D eigenvalue weighted by Crippen LogP contribution is -2.34. The van der Waals surface area contributed by atoms with Gasteiger partial charge >= 0.3 is 0 Å². The average Bonchev–Trinajstić information content (AvgIpc) is 2.60. The molecule has 1 unspecified atom stereocenters. The summed E-state index contributed by atoms with van der Waals surface area (Å²) in [5, 5.41) is 3.65. The van der Waals surface area contributed by atoms with Gasteiger partial charge in [-0.3, -0.25) is 0 Å². The first-order chi connectivity index (χ1) is 11.3. The van der Waals surface area contributed by atoms with E-state index in [1.54, 1.807) is 0 Å². The van der Waals surface area contributed by atoms with Gasteiger partial charge in [0.25, 0.3) is 0 Å². The Bertz CT molecular complexity index is 363. The monoisotopic (exact) mass is 318 g/mol. The van der Waals surface area contributed by atoms with Crippen LogP contribution in [0.2, 0.25) is 0 Å². The first kappa shape index (κ1) is 20.2. The van der Waals surface area contributed by atoms with Crippen molar-refractivity contribution in [1.82, 2.24) is 10.2 Å². The predicted molar refractivity (Wildman–Crippen MR) is 103 cm³/mol. The summed E-state index contributed by atoms with van der Waals surface area (Å²) in [5.74, 6) is 0.919. The summed E-state index contributed by atoms with van der Waals surface area (Å²) in [6.07, 6.45) is 7.96. The highest BCUT2D eigenvalue weighted by Crippen LogP contribution is 2.15. The first-order valence-electron chi connectivity index (χ1n) is 9.77. The van der Waals surface area contributed by atoms with Gasteiger partial charge in [0, 0.05) is 19.6 Å². The summed E-state index contributed by atoms with van der Waals surface area (Å²) < 4.78 is 0. The van der Waals surface area contributed by atoms with Crippen LogP contribution in [-0.4, -0.2) is 37.6 Å². The Hall–Kier alpha value is -0.860. The van der Waals surface area contributed by atoms with Crippen LogP contribution in [0.4, 0.5) is 0 Å². The topological polar surface area (TPSA) is 15.3 Å². The molecule has 0 amide bonds. The molecule has 132 valence electrons. The van der Waals surface area contributed by atoms with Crippen molar-refractivity contribution in [3.63, 3.8) is 0 Å². The predicted octanol–water partition coefficient (Wildman–Crippen LogP) is 4.75. The van der Waals surface area contributed by atoms with E-state index < -0.39 is 0 Å². The Morgan fingerprint density at radius 2 is 1.74 bits per heavy atom. The fraction of sp³-hybridized carbons (Fsp3) is 0.714. The van der Waals surface area contributed by atoms with Crippen LogP contribution < -0.4 is 5.32 Å². The Kier molecular flexibility index (Phi) is 11.9. The first-order valence-corrected chi connectivity index (χ1v) is 9.77. The van der Waals surface area contributed by atoms with Gasteiger partial charge in [-0.15, -0.1) is 0 Å². The molecule has 0 aliphatic rings. The average molecular weight is 319 g/mol. The number of nitrogens with zero attached hydrogens (tertiary/aromatic N) is 1. The van der Waals surface area contributed by atoms with Crippen LogP contribution in [-0.2, 0) is 6.42 Å². The summed E-state index contributed by atoms with van der Waals surface area (Å²) in [6, 6.07) is 10.8. The lowest BCUT2D eigenvalue weighted by atomic mass is 9.96. The molecule has 0 aromatic heterocycles. The zero-order valence-corrected chi connectivity index (χ0v) is 15.7. The summed E-state index contributed by atoms with van der Waals surface area (Å²) in [5.41, 5.74) is 1.45. The van der Waals surface area contributed by atoms with Crippen molar-refractivity contribution >= 4 is 0 Å². The molecule has 1 atom stereocenters. The standard InChI is InChI=1S/C21H38N2/c1-4-7-11-20(5-2)14-16-22-17-19-23(6-3)18-15-21-12-9-8-10-13-21/h8-10,12-13,20,22H,4-7,11,14-19H2,1-3H3. The zero-order valence-electron chi connectivity index (χ0n) is 15.7. The maximum absolute atomic E-state index is 3.65. The van der Waals surface area contributed by atoms with E-state index in [4.69, 9.17) is 0 Å². The van der Waals surface area contributed by atoms with E-state index in [2.05, 4.69) is 61.3 Å². The molecule has 2 heteroatoms. The van der Waals surface area contributed by atoms with E-state index in [1.165, 1.54) is 44.2 Å². The third kappa shape index (κ3) is 9.78. The Morgan fingerprint density at radius 1 is 0.957 bits per heavy atom. The van der Waals surface area contributed by atoms with E-state index in [0.717, 1.165) is 38.5 Å². The molecule has 2 nitrogen and oxygen atoms in total. The van der Waals surface area contributed by atoms with Crippen molar-refractivity contribution in [3.05, 3.63) is 35.9 Å². The molecule has 0 fully saturated rings. The SMILES string of the molecule is CCCCC(CC)CCNCCN(CC)CCc1ccccc1. The number of nitrogens with one attached hydrogen (secondary N) is 1. The molecule has 0 aliphatic heterocycles. The minimum absolute atomic E-state index is 0.919. The van der Waals surface area contributed by atoms with Crippen LogP contribution in [0, 0.1) is 5.92 Å². The lowest BCUT2D eigenvalue weighted by Gasteiger charge is -2.21. The second-order valence-corrected chi connectivity index (χ2v) is 6.63. The highest BCUT2D eigenvalue weighted by molar-refractivity contribution is 5.14. The van der Waals surface area contributed by atoms with E-state index in [-0.39, 0.29) is 0 Å². The van der Waals surface area contributed by atoms with Crippen molar-refractivity contribution in [3.8, 4) is 0 Å². The molecule has 23 heavy (non-hydrogen) atoms. The molecular formula is C21H38N2. The molecule has 1 rings (SSSR count). The van der Waals surface area contributed by atoms with Crippen LogP contribution in [0.1, 0.15) is 58.4 Å². The summed E-state index contributed by atoms with van der Waals surface area (Å²) in [7, 11) is 0. The third-order valence-corrected chi connectivity index (χ3v) is 4.88.